The van der Waals surface area contributed by atoms with Crippen LogP contribution in [0.5, 0.6) is 0 Å². The molecule has 0 saturated heterocycles. The Hall–Kier alpha value is 1.05. The van der Waals surface area contributed by atoms with E-state index in [1.807, 2.05) is 0 Å². The molecule has 0 aliphatic heterocycles. The van der Waals surface area contributed by atoms with Crippen LogP contribution in [-0.2, 0) is 4.79 Å². The standard InChI is InChI=1S/C2O.6C2H5.2Sn/c1-2-3;6*1-2;;/h;6*1H2,2H3;;. The summed E-state index contributed by atoms with van der Waals surface area (Å²) < 4.78 is 9.34. The fraction of sp³-hybridized carbons (Fsp3) is 0.857. The molecule has 17 heavy (non-hydrogen) atoms. The van der Waals surface area contributed by atoms with Crippen LogP contribution in [-0.4, -0.2) is 42.7 Å². The molecule has 100 valence electrons. The average Bonchev–Trinajstić information content (AvgIpc) is 2.40. The zero-order valence-corrected chi connectivity index (χ0v) is 18.4. The molecular formula is C14H30OSn2. The van der Waals surface area contributed by atoms with E-state index in [1.54, 1.807) is 0 Å². The summed E-state index contributed by atoms with van der Waals surface area (Å²) in [6.07, 6.45) is 0. The van der Waals surface area contributed by atoms with Gasteiger partial charge in [-0.2, -0.15) is 0 Å². The topological polar surface area (TPSA) is 17.1 Å². The molecule has 0 spiro atoms. The summed E-state index contributed by atoms with van der Waals surface area (Å²) in [6.45, 7) is 14.0. The Morgan fingerprint density at radius 1 is 0.706 bits per heavy atom. The normalized spacial score (nSPS) is 12.4. The van der Waals surface area contributed by atoms with E-state index in [9.17, 15) is 4.79 Å². The van der Waals surface area contributed by atoms with Gasteiger partial charge in [-0.05, 0) is 0 Å². The third-order valence-electron chi connectivity index (χ3n) is 5.22. The van der Waals surface area contributed by atoms with Crippen molar-refractivity contribution in [2.75, 3.05) is 0 Å². The molecule has 0 heterocycles. The van der Waals surface area contributed by atoms with Crippen LogP contribution in [0.1, 0.15) is 41.5 Å². The van der Waals surface area contributed by atoms with Crippen molar-refractivity contribution < 1.29 is 4.79 Å². The van der Waals surface area contributed by atoms with Crippen LogP contribution in [0.3, 0.4) is 0 Å². The van der Waals surface area contributed by atoms with E-state index in [2.05, 4.69) is 47.5 Å². The fourth-order valence-corrected chi connectivity index (χ4v) is 64.2. The van der Waals surface area contributed by atoms with Gasteiger partial charge in [-0.15, -0.1) is 0 Å². The van der Waals surface area contributed by atoms with Crippen LogP contribution >= 0.6 is 0 Å². The third-order valence-corrected chi connectivity index (χ3v) is 55.3. The molecule has 0 N–H and O–H groups in total. The first-order valence-electron chi connectivity index (χ1n) is 7.32. The van der Waals surface area contributed by atoms with Crippen molar-refractivity contribution >= 4 is 42.7 Å². The van der Waals surface area contributed by atoms with Gasteiger partial charge in [-0.3, -0.25) is 0 Å². The Morgan fingerprint density at radius 3 is 1.06 bits per heavy atom. The first-order chi connectivity index (χ1) is 8.06. The van der Waals surface area contributed by atoms with Crippen LogP contribution in [0, 0.1) is 0 Å². The molecule has 0 aromatic carbocycles. The van der Waals surface area contributed by atoms with E-state index in [0.717, 1.165) is 0 Å². The molecule has 0 fully saturated rings. The van der Waals surface area contributed by atoms with Gasteiger partial charge in [0, 0.05) is 0 Å². The van der Waals surface area contributed by atoms with Crippen molar-refractivity contribution in [1.82, 2.24) is 0 Å². The van der Waals surface area contributed by atoms with Gasteiger partial charge in [-0.1, -0.05) is 0 Å². The summed E-state index contributed by atoms with van der Waals surface area (Å²) in [7, 11) is 0. The molecule has 0 atom stereocenters. The van der Waals surface area contributed by atoms with E-state index < -0.39 is 36.8 Å². The van der Waals surface area contributed by atoms with Crippen LogP contribution in [0.2, 0.25) is 26.6 Å². The number of hydrogen-bond donors (Lipinski definition) is 0. The van der Waals surface area contributed by atoms with Gasteiger partial charge in [0.1, 0.15) is 0 Å². The molecule has 0 rings (SSSR count). The molecule has 0 aliphatic carbocycles. The van der Waals surface area contributed by atoms with E-state index in [1.165, 1.54) is 28.2 Å². The maximum absolute atomic E-state index is 11.7. The van der Waals surface area contributed by atoms with Crippen molar-refractivity contribution in [2.24, 2.45) is 0 Å². The van der Waals surface area contributed by atoms with Gasteiger partial charge in [-0.25, -0.2) is 0 Å². The maximum atomic E-state index is 11.7. The van der Waals surface area contributed by atoms with Gasteiger partial charge in [0.05, 0.1) is 0 Å². The first kappa shape index (κ1) is 18.0. The predicted octanol–water partition coefficient (Wildman–Crippen LogP) is 4.84. The van der Waals surface area contributed by atoms with E-state index in [4.69, 9.17) is 0 Å². The molecule has 0 unspecified atom stereocenters. The second-order valence-corrected chi connectivity index (χ2v) is 38.8. The Kier molecular flexibility index (Phi) is 8.77. The monoisotopic (exact) mass is 454 g/mol. The van der Waals surface area contributed by atoms with Gasteiger partial charge in [0.15, 0.2) is 0 Å². The van der Waals surface area contributed by atoms with Crippen LogP contribution in [0.4, 0.5) is 0 Å². The van der Waals surface area contributed by atoms with E-state index in [0.29, 0.717) is 0 Å². The van der Waals surface area contributed by atoms with Gasteiger partial charge >= 0.3 is 117 Å². The van der Waals surface area contributed by atoms with E-state index in [-0.39, 0.29) is 0 Å². The fourth-order valence-electron chi connectivity index (χ4n) is 3.34. The first-order valence-corrected chi connectivity index (χ1v) is 22.3. The molecule has 0 aliphatic rings. The Balaban J connectivity index is 5.68. The number of rotatable bonds is 8. The van der Waals surface area contributed by atoms with Crippen LogP contribution < -0.4 is 0 Å². The second-order valence-electron chi connectivity index (χ2n) is 5.16. The second kappa shape index (κ2) is 8.26. The summed E-state index contributed by atoms with van der Waals surface area (Å²) in [5, 5.41) is 0. The van der Waals surface area contributed by atoms with Gasteiger partial charge < -0.3 is 0 Å². The summed E-state index contributed by atoms with van der Waals surface area (Å²) in [5.74, 6) is 2.54. The van der Waals surface area contributed by atoms with Crippen molar-refractivity contribution in [3.8, 4) is 0 Å². The van der Waals surface area contributed by atoms with Crippen molar-refractivity contribution in [2.45, 2.75) is 68.2 Å². The molecule has 0 radical (unpaired) electrons. The molecule has 0 aromatic heterocycles. The number of carbonyl (C=O) groups excluding carboxylic acids is 1. The molecule has 0 bridgehead atoms. The Morgan fingerprint density at radius 2 is 0.941 bits per heavy atom. The quantitative estimate of drug-likeness (QED) is 0.381. The summed E-state index contributed by atoms with van der Waals surface area (Å²) in [4.78, 5) is 11.7. The third kappa shape index (κ3) is 3.53. The van der Waals surface area contributed by atoms with Gasteiger partial charge in [0.2, 0.25) is 0 Å². The zero-order valence-electron chi connectivity index (χ0n) is 12.7. The molecule has 0 saturated carbocycles. The molecular weight excluding hydrogens is 422 g/mol. The van der Waals surface area contributed by atoms with Gasteiger partial charge in [0.25, 0.3) is 0 Å². The Bertz CT molecular complexity index is 233. The molecule has 3 heteroatoms. The molecule has 0 aromatic rings. The minimum absolute atomic E-state index is 1.31. The number of hydrogen-bond acceptors (Lipinski definition) is 1. The van der Waals surface area contributed by atoms with Crippen molar-refractivity contribution in [1.29, 1.82) is 0 Å². The summed E-state index contributed by atoms with van der Waals surface area (Å²) >= 11 is -4.58. The summed E-state index contributed by atoms with van der Waals surface area (Å²) in [6, 6.07) is 0. The molecule has 1 nitrogen and oxygen atoms in total. The molecule has 0 amide bonds. The SMILES string of the molecule is C[CH2][Sn]([CH2]C)([CH2]C)[C](=C=O)[Sn]([CH2]C)([CH2]C)[CH2]C. The van der Waals surface area contributed by atoms with Crippen molar-refractivity contribution in [3.63, 3.8) is 0 Å². The van der Waals surface area contributed by atoms with Crippen LogP contribution in [0.15, 0.2) is 1.60 Å². The van der Waals surface area contributed by atoms with E-state index >= 15 is 0 Å². The Labute approximate surface area is 116 Å². The van der Waals surface area contributed by atoms with Crippen LogP contribution in [0.25, 0.3) is 0 Å². The summed E-state index contributed by atoms with van der Waals surface area (Å²) in [5.41, 5.74) is 0. The minimum atomic E-state index is -2.29. The van der Waals surface area contributed by atoms with Crippen molar-refractivity contribution in [3.05, 3.63) is 1.60 Å². The predicted molar refractivity (Wildman–Crippen MR) is 83.6 cm³/mol. The zero-order chi connectivity index (χ0) is 13.5. The average molecular weight is 452 g/mol.